The van der Waals surface area contributed by atoms with Crippen molar-refractivity contribution in [1.82, 2.24) is 4.98 Å². The van der Waals surface area contributed by atoms with E-state index < -0.39 is 0 Å². The van der Waals surface area contributed by atoms with Gasteiger partial charge in [-0.2, -0.15) is 0 Å². The SMILES string of the molecule is [CH2]CN(Cc1ccc(Br)cc1)c1ccccn1. The Kier molecular flexibility index (Phi) is 4.15. The number of nitrogens with zero attached hydrogens (tertiary/aromatic N) is 2. The third kappa shape index (κ3) is 3.30. The van der Waals surface area contributed by atoms with Gasteiger partial charge in [0.15, 0.2) is 0 Å². The predicted octanol–water partition coefficient (Wildman–Crippen LogP) is 3.68. The van der Waals surface area contributed by atoms with E-state index in [0.717, 1.165) is 16.8 Å². The molecular formula is C14H14BrN2. The molecule has 0 amide bonds. The van der Waals surface area contributed by atoms with Crippen LogP contribution in [0.2, 0.25) is 0 Å². The highest BCUT2D eigenvalue weighted by atomic mass is 79.9. The van der Waals surface area contributed by atoms with E-state index in [2.05, 4.69) is 57.0 Å². The number of rotatable bonds is 4. The first-order chi connectivity index (χ1) is 8.29. The van der Waals surface area contributed by atoms with Crippen molar-refractivity contribution in [3.05, 3.63) is 65.6 Å². The monoisotopic (exact) mass is 289 g/mol. The number of hydrogen-bond acceptors (Lipinski definition) is 2. The molecule has 0 aliphatic heterocycles. The second kappa shape index (κ2) is 5.82. The minimum atomic E-state index is 0.701. The van der Waals surface area contributed by atoms with Crippen molar-refractivity contribution in [3.63, 3.8) is 0 Å². The Morgan fingerprint density at radius 2 is 1.88 bits per heavy atom. The quantitative estimate of drug-likeness (QED) is 0.853. The van der Waals surface area contributed by atoms with Gasteiger partial charge in [-0.1, -0.05) is 34.1 Å². The lowest BCUT2D eigenvalue weighted by Crippen LogP contribution is -2.22. The molecule has 0 bridgehead atoms. The molecule has 0 unspecified atom stereocenters. The van der Waals surface area contributed by atoms with Crippen LogP contribution in [0.25, 0.3) is 0 Å². The summed E-state index contributed by atoms with van der Waals surface area (Å²) in [5.74, 6) is 0.963. The summed E-state index contributed by atoms with van der Waals surface area (Å²) in [6.45, 7) is 5.48. The molecule has 0 spiro atoms. The third-order valence-electron chi connectivity index (χ3n) is 2.53. The van der Waals surface area contributed by atoms with Crippen LogP contribution in [0.3, 0.4) is 0 Å². The summed E-state index contributed by atoms with van der Waals surface area (Å²) < 4.78 is 1.10. The maximum atomic E-state index is 4.34. The zero-order chi connectivity index (χ0) is 12.1. The molecule has 17 heavy (non-hydrogen) atoms. The van der Waals surface area contributed by atoms with Crippen LogP contribution in [0, 0.1) is 6.92 Å². The van der Waals surface area contributed by atoms with Gasteiger partial charge in [0.25, 0.3) is 0 Å². The van der Waals surface area contributed by atoms with E-state index in [1.54, 1.807) is 6.20 Å². The number of aromatic nitrogens is 1. The minimum absolute atomic E-state index is 0.701. The van der Waals surface area contributed by atoms with Crippen LogP contribution in [0.15, 0.2) is 53.1 Å². The Balaban J connectivity index is 2.13. The molecule has 0 saturated carbocycles. The van der Waals surface area contributed by atoms with Crippen LogP contribution in [0.5, 0.6) is 0 Å². The van der Waals surface area contributed by atoms with E-state index >= 15 is 0 Å². The van der Waals surface area contributed by atoms with Gasteiger partial charge in [-0.15, -0.1) is 0 Å². The van der Waals surface area contributed by atoms with Crippen molar-refractivity contribution < 1.29 is 0 Å². The number of hydrogen-bond donors (Lipinski definition) is 0. The Bertz CT molecular complexity index is 453. The zero-order valence-electron chi connectivity index (χ0n) is 9.51. The standard InChI is InChI=1S/C14H14BrN2/c1-2-17(14-5-3-4-10-16-14)11-12-6-8-13(15)9-7-12/h3-10H,1-2,11H2. The fourth-order valence-corrected chi connectivity index (χ4v) is 1.89. The van der Waals surface area contributed by atoms with E-state index in [9.17, 15) is 0 Å². The number of pyridine rings is 1. The van der Waals surface area contributed by atoms with E-state index in [1.165, 1.54) is 5.56 Å². The molecule has 1 aromatic heterocycles. The summed E-state index contributed by atoms with van der Waals surface area (Å²) in [6.07, 6.45) is 1.81. The molecule has 2 nitrogen and oxygen atoms in total. The summed E-state index contributed by atoms with van der Waals surface area (Å²) in [7, 11) is 0. The Labute approximate surface area is 110 Å². The van der Waals surface area contributed by atoms with Gasteiger partial charge in [-0.3, -0.25) is 0 Å². The van der Waals surface area contributed by atoms with Gasteiger partial charge >= 0.3 is 0 Å². The first-order valence-electron chi connectivity index (χ1n) is 5.49. The topological polar surface area (TPSA) is 16.1 Å². The molecule has 3 heteroatoms. The molecule has 0 N–H and O–H groups in total. The fraction of sp³-hybridized carbons (Fsp3) is 0.143. The van der Waals surface area contributed by atoms with Gasteiger partial charge in [0.2, 0.25) is 0 Å². The van der Waals surface area contributed by atoms with Gasteiger partial charge in [-0.05, 0) is 36.8 Å². The molecule has 2 aromatic rings. The van der Waals surface area contributed by atoms with Crippen LogP contribution < -0.4 is 4.90 Å². The van der Waals surface area contributed by atoms with Gasteiger partial charge in [0.1, 0.15) is 5.82 Å². The van der Waals surface area contributed by atoms with Crippen LogP contribution in [0.1, 0.15) is 5.56 Å². The highest BCUT2D eigenvalue weighted by molar-refractivity contribution is 9.10. The summed E-state index contributed by atoms with van der Waals surface area (Å²) in [6, 6.07) is 14.2. The lowest BCUT2D eigenvalue weighted by atomic mass is 10.2. The third-order valence-corrected chi connectivity index (χ3v) is 3.06. The highest BCUT2D eigenvalue weighted by Crippen LogP contribution is 2.15. The molecule has 87 valence electrons. The smallest absolute Gasteiger partial charge is 0.128 e. The summed E-state index contributed by atoms with van der Waals surface area (Å²) in [4.78, 5) is 6.48. The van der Waals surface area contributed by atoms with Crippen molar-refractivity contribution >= 4 is 21.7 Å². The molecule has 0 saturated heterocycles. The van der Waals surface area contributed by atoms with E-state index in [1.807, 2.05) is 18.2 Å². The van der Waals surface area contributed by atoms with E-state index in [4.69, 9.17) is 0 Å². The van der Waals surface area contributed by atoms with Gasteiger partial charge in [0.05, 0.1) is 0 Å². The highest BCUT2D eigenvalue weighted by Gasteiger charge is 2.05. The number of anilines is 1. The van der Waals surface area contributed by atoms with Crippen molar-refractivity contribution in [3.8, 4) is 0 Å². The molecule has 1 radical (unpaired) electrons. The van der Waals surface area contributed by atoms with Gasteiger partial charge in [-0.25, -0.2) is 4.98 Å². The fourth-order valence-electron chi connectivity index (χ4n) is 1.63. The van der Waals surface area contributed by atoms with E-state index in [0.29, 0.717) is 6.54 Å². The Morgan fingerprint density at radius 3 is 2.47 bits per heavy atom. The maximum absolute atomic E-state index is 4.34. The molecule has 1 aromatic carbocycles. The molecule has 0 fully saturated rings. The Hall–Kier alpha value is -1.35. The lowest BCUT2D eigenvalue weighted by molar-refractivity contribution is 0.845. The zero-order valence-corrected chi connectivity index (χ0v) is 11.1. The van der Waals surface area contributed by atoms with Crippen LogP contribution in [0.4, 0.5) is 5.82 Å². The van der Waals surface area contributed by atoms with Crippen LogP contribution >= 0.6 is 15.9 Å². The van der Waals surface area contributed by atoms with Gasteiger partial charge in [0, 0.05) is 23.8 Å². The predicted molar refractivity (Wildman–Crippen MR) is 74.8 cm³/mol. The number of halogens is 1. The van der Waals surface area contributed by atoms with Crippen molar-refractivity contribution in [2.75, 3.05) is 11.4 Å². The summed E-state index contributed by atoms with van der Waals surface area (Å²) >= 11 is 3.44. The molecule has 1 heterocycles. The van der Waals surface area contributed by atoms with Crippen molar-refractivity contribution in [2.24, 2.45) is 0 Å². The first-order valence-corrected chi connectivity index (χ1v) is 6.28. The van der Waals surface area contributed by atoms with Crippen LogP contribution in [-0.2, 0) is 6.54 Å². The molecule has 0 aliphatic carbocycles. The number of benzene rings is 1. The average molecular weight is 290 g/mol. The van der Waals surface area contributed by atoms with Crippen molar-refractivity contribution in [1.29, 1.82) is 0 Å². The maximum Gasteiger partial charge on any atom is 0.128 e. The average Bonchev–Trinajstić information content (AvgIpc) is 2.39. The van der Waals surface area contributed by atoms with Crippen molar-refractivity contribution in [2.45, 2.75) is 6.54 Å². The first kappa shape index (κ1) is 12.1. The van der Waals surface area contributed by atoms with Gasteiger partial charge < -0.3 is 4.90 Å². The molecule has 0 atom stereocenters. The second-order valence-corrected chi connectivity index (χ2v) is 4.65. The lowest BCUT2D eigenvalue weighted by Gasteiger charge is -2.21. The summed E-state index contributed by atoms with van der Waals surface area (Å²) in [5.41, 5.74) is 1.25. The molecule has 0 aliphatic rings. The molecular weight excluding hydrogens is 276 g/mol. The largest absolute Gasteiger partial charge is 0.352 e. The molecule has 2 rings (SSSR count). The minimum Gasteiger partial charge on any atom is -0.352 e. The summed E-state index contributed by atoms with van der Waals surface area (Å²) in [5, 5.41) is 0. The van der Waals surface area contributed by atoms with E-state index in [-0.39, 0.29) is 0 Å². The second-order valence-electron chi connectivity index (χ2n) is 3.74. The normalized spacial score (nSPS) is 10.2. The van der Waals surface area contributed by atoms with Crippen LogP contribution in [-0.4, -0.2) is 11.5 Å². The Morgan fingerprint density at radius 1 is 1.12 bits per heavy atom.